The average molecular weight is 334 g/mol. The van der Waals surface area contributed by atoms with Gasteiger partial charge in [-0.05, 0) is 42.8 Å². The van der Waals surface area contributed by atoms with Gasteiger partial charge in [0.15, 0.2) is 0 Å². The quantitative estimate of drug-likeness (QED) is 0.899. The van der Waals surface area contributed by atoms with Crippen LogP contribution in [0.3, 0.4) is 0 Å². The van der Waals surface area contributed by atoms with Crippen molar-refractivity contribution in [1.82, 2.24) is 0 Å². The van der Waals surface area contributed by atoms with Crippen LogP contribution in [0.1, 0.15) is 26.3 Å². The van der Waals surface area contributed by atoms with Crippen LogP contribution in [0.4, 0.5) is 5.69 Å². The van der Waals surface area contributed by atoms with Crippen molar-refractivity contribution in [1.29, 1.82) is 0 Å². The van der Waals surface area contributed by atoms with Crippen molar-refractivity contribution in [2.24, 2.45) is 0 Å². The molecule has 0 fully saturated rings. The molecule has 0 aromatic heterocycles. The highest BCUT2D eigenvalue weighted by atomic mass is 79.9. The third-order valence-electron chi connectivity index (χ3n) is 2.73. The number of carbonyl (C=O) groups is 2. The highest BCUT2D eigenvalue weighted by molar-refractivity contribution is 9.10. The van der Waals surface area contributed by atoms with Gasteiger partial charge in [0.2, 0.25) is 0 Å². The second kappa shape index (κ2) is 5.88. The Kier molecular flexibility index (Phi) is 4.20. The van der Waals surface area contributed by atoms with E-state index in [-0.39, 0.29) is 11.1 Å². The molecule has 0 aliphatic carbocycles. The van der Waals surface area contributed by atoms with E-state index in [1.807, 2.05) is 25.1 Å². The van der Waals surface area contributed by atoms with Crippen molar-refractivity contribution in [3.8, 4) is 0 Å². The number of carboxylic acids is 1. The van der Waals surface area contributed by atoms with E-state index in [9.17, 15) is 9.59 Å². The molecular weight excluding hydrogens is 322 g/mol. The van der Waals surface area contributed by atoms with Crippen LogP contribution in [-0.4, -0.2) is 17.0 Å². The molecule has 0 aliphatic rings. The van der Waals surface area contributed by atoms with E-state index < -0.39 is 11.9 Å². The van der Waals surface area contributed by atoms with Gasteiger partial charge in [0.05, 0.1) is 11.1 Å². The van der Waals surface area contributed by atoms with Crippen LogP contribution >= 0.6 is 15.9 Å². The standard InChI is InChI=1S/C15H12BrNO3/c1-9-3-2-4-11(7-9)17-14(18)12-6-5-10(16)8-13(12)15(19)20/h2-8H,1H3,(H,17,18)(H,19,20). The Bertz CT molecular complexity index is 683. The summed E-state index contributed by atoms with van der Waals surface area (Å²) in [7, 11) is 0. The topological polar surface area (TPSA) is 66.4 Å². The number of carbonyl (C=O) groups excluding carboxylic acids is 1. The molecule has 0 saturated carbocycles. The Balaban J connectivity index is 2.32. The summed E-state index contributed by atoms with van der Waals surface area (Å²) in [6, 6.07) is 11.8. The maximum atomic E-state index is 12.2. The molecule has 0 spiro atoms. The molecule has 102 valence electrons. The molecule has 20 heavy (non-hydrogen) atoms. The summed E-state index contributed by atoms with van der Waals surface area (Å²) in [4.78, 5) is 23.4. The summed E-state index contributed by atoms with van der Waals surface area (Å²) in [6.07, 6.45) is 0. The van der Waals surface area contributed by atoms with Crippen molar-refractivity contribution in [3.05, 3.63) is 63.6 Å². The van der Waals surface area contributed by atoms with Crippen LogP contribution in [0.2, 0.25) is 0 Å². The summed E-state index contributed by atoms with van der Waals surface area (Å²) in [6.45, 7) is 1.91. The molecule has 0 bridgehead atoms. The molecule has 0 aliphatic heterocycles. The number of aromatic carboxylic acids is 1. The average Bonchev–Trinajstić information content (AvgIpc) is 2.38. The van der Waals surface area contributed by atoms with E-state index in [1.54, 1.807) is 12.1 Å². The molecule has 0 unspecified atom stereocenters. The van der Waals surface area contributed by atoms with E-state index in [2.05, 4.69) is 21.2 Å². The monoisotopic (exact) mass is 333 g/mol. The van der Waals surface area contributed by atoms with Crippen molar-refractivity contribution < 1.29 is 14.7 Å². The molecule has 1 amide bonds. The molecule has 0 atom stereocenters. The second-order valence-electron chi connectivity index (χ2n) is 4.32. The minimum atomic E-state index is -1.14. The van der Waals surface area contributed by atoms with Gasteiger partial charge in [0.1, 0.15) is 0 Å². The Labute approximate surface area is 124 Å². The van der Waals surface area contributed by atoms with Crippen LogP contribution in [0, 0.1) is 6.92 Å². The van der Waals surface area contributed by atoms with Crippen molar-refractivity contribution >= 4 is 33.5 Å². The maximum absolute atomic E-state index is 12.2. The maximum Gasteiger partial charge on any atom is 0.336 e. The molecule has 4 nitrogen and oxygen atoms in total. The number of carboxylic acid groups (broad SMARTS) is 1. The highest BCUT2D eigenvalue weighted by Crippen LogP contribution is 2.19. The third kappa shape index (κ3) is 3.24. The van der Waals surface area contributed by atoms with Gasteiger partial charge in [-0.1, -0.05) is 28.1 Å². The number of benzene rings is 2. The van der Waals surface area contributed by atoms with Crippen LogP contribution in [0.25, 0.3) is 0 Å². The highest BCUT2D eigenvalue weighted by Gasteiger charge is 2.17. The van der Waals surface area contributed by atoms with Crippen LogP contribution in [0.15, 0.2) is 46.9 Å². The summed E-state index contributed by atoms with van der Waals surface area (Å²) < 4.78 is 0.613. The van der Waals surface area contributed by atoms with Crippen molar-refractivity contribution in [2.45, 2.75) is 6.92 Å². The predicted molar refractivity (Wildman–Crippen MR) is 80.2 cm³/mol. The lowest BCUT2D eigenvalue weighted by Crippen LogP contribution is -2.16. The Morgan fingerprint density at radius 3 is 2.50 bits per heavy atom. The van der Waals surface area contributed by atoms with E-state index in [4.69, 9.17) is 5.11 Å². The zero-order valence-electron chi connectivity index (χ0n) is 10.7. The molecule has 0 saturated heterocycles. The Morgan fingerprint density at radius 2 is 1.85 bits per heavy atom. The second-order valence-corrected chi connectivity index (χ2v) is 5.23. The summed E-state index contributed by atoms with van der Waals surface area (Å²) in [5.74, 6) is -1.58. The SMILES string of the molecule is Cc1cccc(NC(=O)c2ccc(Br)cc2C(=O)O)c1. The van der Waals surface area contributed by atoms with E-state index in [1.165, 1.54) is 12.1 Å². The third-order valence-corrected chi connectivity index (χ3v) is 3.23. The molecule has 2 rings (SSSR count). The van der Waals surface area contributed by atoms with Crippen LogP contribution in [-0.2, 0) is 0 Å². The molecule has 2 N–H and O–H groups in total. The van der Waals surface area contributed by atoms with Crippen molar-refractivity contribution in [3.63, 3.8) is 0 Å². The fourth-order valence-corrected chi connectivity index (χ4v) is 2.17. The number of nitrogens with one attached hydrogen (secondary N) is 1. The largest absolute Gasteiger partial charge is 0.478 e. The normalized spacial score (nSPS) is 10.1. The minimum Gasteiger partial charge on any atom is -0.478 e. The van der Waals surface area contributed by atoms with Crippen LogP contribution in [0.5, 0.6) is 0 Å². The smallest absolute Gasteiger partial charge is 0.336 e. The number of anilines is 1. The molecule has 0 heterocycles. The van der Waals surface area contributed by atoms with Gasteiger partial charge in [0, 0.05) is 10.2 Å². The predicted octanol–water partition coefficient (Wildman–Crippen LogP) is 3.71. The first-order valence-electron chi connectivity index (χ1n) is 5.88. The minimum absolute atomic E-state index is 0.0375. The van der Waals surface area contributed by atoms with Crippen molar-refractivity contribution in [2.75, 3.05) is 5.32 Å². The lowest BCUT2D eigenvalue weighted by Gasteiger charge is -2.08. The zero-order valence-corrected chi connectivity index (χ0v) is 12.3. The van der Waals surface area contributed by atoms with E-state index >= 15 is 0 Å². The van der Waals surface area contributed by atoms with E-state index in [0.717, 1.165) is 5.56 Å². The summed E-state index contributed by atoms with van der Waals surface area (Å²) in [5, 5.41) is 11.8. The molecular formula is C15H12BrNO3. The fourth-order valence-electron chi connectivity index (χ4n) is 1.81. The van der Waals surface area contributed by atoms with Gasteiger partial charge >= 0.3 is 5.97 Å². The van der Waals surface area contributed by atoms with Gasteiger partial charge in [-0.2, -0.15) is 0 Å². The number of hydrogen-bond acceptors (Lipinski definition) is 2. The fraction of sp³-hybridized carbons (Fsp3) is 0.0667. The molecule has 2 aromatic rings. The molecule has 2 aromatic carbocycles. The zero-order chi connectivity index (χ0) is 14.7. The van der Waals surface area contributed by atoms with Gasteiger partial charge in [-0.15, -0.1) is 0 Å². The van der Waals surface area contributed by atoms with Gasteiger partial charge in [-0.25, -0.2) is 4.79 Å². The molecule has 0 radical (unpaired) electrons. The first kappa shape index (κ1) is 14.3. The van der Waals surface area contributed by atoms with Gasteiger partial charge in [0.25, 0.3) is 5.91 Å². The number of aryl methyl sites for hydroxylation is 1. The molecule has 5 heteroatoms. The number of halogens is 1. The Morgan fingerprint density at radius 1 is 1.10 bits per heavy atom. The number of amides is 1. The lowest BCUT2D eigenvalue weighted by atomic mass is 10.1. The summed E-state index contributed by atoms with van der Waals surface area (Å²) in [5.41, 5.74) is 1.73. The Hall–Kier alpha value is -2.14. The van der Waals surface area contributed by atoms with Gasteiger partial charge < -0.3 is 10.4 Å². The number of rotatable bonds is 3. The van der Waals surface area contributed by atoms with Gasteiger partial charge in [-0.3, -0.25) is 4.79 Å². The lowest BCUT2D eigenvalue weighted by molar-refractivity contribution is 0.0692. The van der Waals surface area contributed by atoms with Crippen LogP contribution < -0.4 is 5.32 Å². The van der Waals surface area contributed by atoms with E-state index in [0.29, 0.717) is 10.2 Å². The number of hydrogen-bond donors (Lipinski definition) is 2. The first-order valence-corrected chi connectivity index (χ1v) is 6.67. The summed E-state index contributed by atoms with van der Waals surface area (Å²) >= 11 is 3.20. The first-order chi connectivity index (χ1) is 9.47.